The number of carboxylic acid groups (broad SMARTS) is 2. The molecule has 1 heterocycles. The van der Waals surface area contributed by atoms with E-state index in [4.69, 9.17) is 15.0 Å². The van der Waals surface area contributed by atoms with Crippen LogP contribution in [-0.4, -0.2) is 52.3 Å². The molecule has 1 amide bonds. The minimum Gasteiger partial charge on any atom is -0.450 e. The van der Waals surface area contributed by atoms with Gasteiger partial charge in [0.15, 0.2) is 0 Å². The number of nitrogens with zero attached hydrogens (tertiary/aromatic N) is 1. The number of rotatable bonds is 7. The Morgan fingerprint density at radius 1 is 0.842 bits per heavy atom. The molecule has 0 radical (unpaired) electrons. The average Bonchev–Trinajstić information content (AvgIpc) is 3.58. The van der Waals surface area contributed by atoms with Crippen molar-refractivity contribution in [1.82, 2.24) is 10.2 Å². The van der Waals surface area contributed by atoms with Crippen molar-refractivity contribution in [1.29, 1.82) is 0 Å². The highest BCUT2D eigenvalue weighted by Gasteiger charge is 2.43. The van der Waals surface area contributed by atoms with E-state index in [1.165, 1.54) is 67.4 Å². The van der Waals surface area contributed by atoms with Crippen LogP contribution in [0.4, 0.5) is 4.79 Å². The van der Waals surface area contributed by atoms with E-state index >= 15 is 0 Å². The van der Waals surface area contributed by atoms with Crippen LogP contribution in [0, 0.1) is 0 Å². The molecule has 6 heteroatoms. The lowest BCUT2D eigenvalue weighted by Crippen LogP contribution is -2.47. The molecule has 0 spiro atoms. The van der Waals surface area contributed by atoms with E-state index < -0.39 is 6.16 Å². The van der Waals surface area contributed by atoms with Crippen molar-refractivity contribution < 1.29 is 19.8 Å². The summed E-state index contributed by atoms with van der Waals surface area (Å²) in [4.78, 5) is 24.7. The summed E-state index contributed by atoms with van der Waals surface area (Å²) in [7, 11) is 0. The molecule has 1 saturated heterocycles. The highest BCUT2D eigenvalue weighted by atomic mass is 16.6. The van der Waals surface area contributed by atoms with Crippen molar-refractivity contribution >= 4 is 12.1 Å². The van der Waals surface area contributed by atoms with E-state index in [-0.39, 0.29) is 11.3 Å². The van der Waals surface area contributed by atoms with Crippen molar-refractivity contribution in [2.75, 3.05) is 13.1 Å². The number of amides is 1. The van der Waals surface area contributed by atoms with Crippen LogP contribution in [0.15, 0.2) is 48.5 Å². The third-order valence-electron chi connectivity index (χ3n) is 8.94. The molecular formula is C32H44N2O4. The highest BCUT2D eigenvalue weighted by Crippen LogP contribution is 2.42. The molecule has 2 aromatic rings. The van der Waals surface area contributed by atoms with E-state index in [0.29, 0.717) is 6.04 Å². The van der Waals surface area contributed by atoms with E-state index in [2.05, 4.69) is 65.7 Å². The Labute approximate surface area is 227 Å². The predicted octanol–water partition coefficient (Wildman–Crippen LogP) is 6.86. The third-order valence-corrected chi connectivity index (χ3v) is 8.94. The quantitative estimate of drug-likeness (QED) is 0.371. The number of likely N-dealkylation sites (tertiary alicyclic amines) is 1. The maximum atomic E-state index is 13.5. The number of carbonyl (C=O) groups is 2. The standard InChI is InChI=1S/C31H42N2O.CH2O3/c1-24-8-7-22-33(24)23-19-25-11-13-26(14-12-25)27-15-17-28(18-16-27)31(20-5-6-21-31)30(34)32-29-9-3-2-4-10-29;2-1(3)4/h11-18,24,29H,2-10,19-23H2,1H3,(H,32,34);(H2,2,3,4)/t24-;/m1./s1. The summed E-state index contributed by atoms with van der Waals surface area (Å²) >= 11 is 0. The van der Waals surface area contributed by atoms with Crippen molar-refractivity contribution in [3.05, 3.63) is 59.7 Å². The summed E-state index contributed by atoms with van der Waals surface area (Å²) in [6.07, 6.45) is 12.4. The molecule has 0 bridgehead atoms. The molecule has 3 fully saturated rings. The van der Waals surface area contributed by atoms with E-state index in [1.54, 1.807) is 0 Å². The molecule has 5 rings (SSSR count). The molecule has 0 aromatic heterocycles. The number of hydrogen-bond acceptors (Lipinski definition) is 3. The topological polar surface area (TPSA) is 89.9 Å². The van der Waals surface area contributed by atoms with Crippen molar-refractivity contribution in [3.8, 4) is 11.1 Å². The van der Waals surface area contributed by atoms with Gasteiger partial charge < -0.3 is 20.4 Å². The maximum absolute atomic E-state index is 13.5. The Morgan fingerprint density at radius 3 is 1.97 bits per heavy atom. The summed E-state index contributed by atoms with van der Waals surface area (Å²) in [5.41, 5.74) is 4.80. The zero-order valence-corrected chi connectivity index (χ0v) is 22.8. The van der Waals surface area contributed by atoms with Crippen LogP contribution in [0.5, 0.6) is 0 Å². The van der Waals surface area contributed by atoms with Crippen molar-refractivity contribution in [3.63, 3.8) is 0 Å². The molecule has 0 unspecified atom stereocenters. The van der Waals surface area contributed by atoms with Crippen molar-refractivity contribution in [2.45, 2.75) is 101 Å². The fourth-order valence-corrected chi connectivity index (χ4v) is 6.64. The molecule has 2 saturated carbocycles. The lowest BCUT2D eigenvalue weighted by molar-refractivity contribution is -0.127. The number of benzene rings is 2. The van der Waals surface area contributed by atoms with Gasteiger partial charge in [-0.05, 0) is 80.7 Å². The Hall–Kier alpha value is -2.86. The Balaban J connectivity index is 0.000000786. The monoisotopic (exact) mass is 520 g/mol. The third kappa shape index (κ3) is 7.16. The largest absolute Gasteiger partial charge is 0.503 e. The van der Waals surface area contributed by atoms with Crippen LogP contribution in [0.3, 0.4) is 0 Å². The second-order valence-corrected chi connectivity index (χ2v) is 11.4. The Kier molecular flexibility index (Phi) is 9.84. The van der Waals surface area contributed by atoms with Crippen LogP contribution < -0.4 is 5.32 Å². The van der Waals surface area contributed by atoms with Gasteiger partial charge in [-0.25, -0.2) is 4.79 Å². The number of nitrogens with one attached hydrogen (secondary N) is 1. The van der Waals surface area contributed by atoms with E-state index in [9.17, 15) is 4.79 Å². The van der Waals surface area contributed by atoms with Gasteiger partial charge in [0.2, 0.25) is 5.91 Å². The molecule has 3 aliphatic rings. The molecule has 2 aliphatic carbocycles. The van der Waals surface area contributed by atoms with E-state index in [1.807, 2.05) is 0 Å². The van der Waals surface area contributed by atoms with Crippen LogP contribution >= 0.6 is 0 Å². The summed E-state index contributed by atoms with van der Waals surface area (Å²) in [5, 5.41) is 17.4. The van der Waals surface area contributed by atoms with Crippen LogP contribution in [0.25, 0.3) is 11.1 Å². The average molecular weight is 521 g/mol. The van der Waals surface area contributed by atoms with Gasteiger partial charge in [-0.2, -0.15) is 0 Å². The maximum Gasteiger partial charge on any atom is 0.503 e. The molecule has 38 heavy (non-hydrogen) atoms. The van der Waals surface area contributed by atoms with Gasteiger partial charge in [0, 0.05) is 18.6 Å². The lowest BCUT2D eigenvalue weighted by atomic mass is 9.77. The van der Waals surface area contributed by atoms with Gasteiger partial charge in [-0.3, -0.25) is 4.79 Å². The Bertz CT molecular complexity index is 1030. The molecule has 1 atom stereocenters. The first-order chi connectivity index (χ1) is 18.4. The Morgan fingerprint density at radius 2 is 1.42 bits per heavy atom. The minimum absolute atomic E-state index is 0.279. The first-order valence-corrected chi connectivity index (χ1v) is 14.5. The van der Waals surface area contributed by atoms with Gasteiger partial charge in [0.1, 0.15) is 0 Å². The fourth-order valence-electron chi connectivity index (χ4n) is 6.64. The normalized spacial score (nSPS) is 21.4. The second-order valence-electron chi connectivity index (χ2n) is 11.4. The summed E-state index contributed by atoms with van der Waals surface area (Å²) in [6.45, 7) is 4.78. The molecular weight excluding hydrogens is 476 g/mol. The molecule has 2 aromatic carbocycles. The van der Waals surface area contributed by atoms with Gasteiger partial charge in [0.25, 0.3) is 0 Å². The van der Waals surface area contributed by atoms with Gasteiger partial charge in [-0.15, -0.1) is 0 Å². The fraction of sp³-hybridized carbons (Fsp3) is 0.562. The van der Waals surface area contributed by atoms with Crippen LogP contribution in [0.1, 0.15) is 88.7 Å². The summed E-state index contributed by atoms with van der Waals surface area (Å²) < 4.78 is 0. The first kappa shape index (κ1) is 28.2. The van der Waals surface area contributed by atoms with Crippen LogP contribution in [-0.2, 0) is 16.6 Å². The highest BCUT2D eigenvalue weighted by molar-refractivity contribution is 5.89. The van der Waals surface area contributed by atoms with Gasteiger partial charge in [0.05, 0.1) is 5.41 Å². The van der Waals surface area contributed by atoms with Gasteiger partial charge >= 0.3 is 6.16 Å². The minimum atomic E-state index is -1.83. The molecule has 206 valence electrons. The number of carbonyl (C=O) groups excluding carboxylic acids is 1. The summed E-state index contributed by atoms with van der Waals surface area (Å²) in [5.74, 6) is 0.279. The second kappa shape index (κ2) is 13.3. The summed E-state index contributed by atoms with van der Waals surface area (Å²) in [6, 6.07) is 19.1. The number of hydrogen-bond donors (Lipinski definition) is 3. The zero-order valence-electron chi connectivity index (χ0n) is 22.8. The predicted molar refractivity (Wildman–Crippen MR) is 152 cm³/mol. The van der Waals surface area contributed by atoms with Crippen LogP contribution in [0.2, 0.25) is 0 Å². The molecule has 6 nitrogen and oxygen atoms in total. The van der Waals surface area contributed by atoms with E-state index in [0.717, 1.165) is 51.0 Å². The van der Waals surface area contributed by atoms with Gasteiger partial charge in [-0.1, -0.05) is 80.6 Å². The first-order valence-electron chi connectivity index (χ1n) is 14.5. The zero-order chi connectivity index (χ0) is 27.0. The lowest BCUT2D eigenvalue weighted by Gasteiger charge is -2.32. The smallest absolute Gasteiger partial charge is 0.450 e. The molecule has 3 N–H and O–H groups in total. The van der Waals surface area contributed by atoms with Crippen molar-refractivity contribution in [2.24, 2.45) is 0 Å². The SMILES string of the molecule is C[C@@H]1CCCN1CCc1ccc(-c2ccc(C3(C(=O)NC4CCCCC4)CCCC3)cc2)cc1.O=C(O)O. The molecule has 1 aliphatic heterocycles.